The summed E-state index contributed by atoms with van der Waals surface area (Å²) in [6.45, 7) is 2.65. The van der Waals surface area contributed by atoms with Gasteiger partial charge in [-0.1, -0.05) is 0 Å². The summed E-state index contributed by atoms with van der Waals surface area (Å²) in [5.41, 5.74) is 0.135. The Morgan fingerprint density at radius 3 is 2.80 bits per heavy atom. The van der Waals surface area contributed by atoms with Gasteiger partial charge in [-0.25, -0.2) is 9.78 Å². The standard InChI is InChI=1S/C9H11N3O3/c1-6(13)11-3-2-4-12-7(8(14)15)5-10-9(11)12/h5H,2-4H2,1H3,(H,14,15). The molecule has 0 saturated heterocycles. The number of carboxylic acid groups (broad SMARTS) is 1. The molecular formula is C9H11N3O3. The molecule has 0 aromatic carbocycles. The molecule has 1 aliphatic rings. The molecule has 0 fully saturated rings. The lowest BCUT2D eigenvalue weighted by molar-refractivity contribution is -0.116. The van der Waals surface area contributed by atoms with Gasteiger partial charge in [-0.3, -0.25) is 9.69 Å². The number of nitrogens with zero attached hydrogens (tertiary/aromatic N) is 3. The first-order valence-electron chi connectivity index (χ1n) is 4.68. The summed E-state index contributed by atoms with van der Waals surface area (Å²) < 4.78 is 1.56. The molecule has 0 saturated carbocycles. The van der Waals surface area contributed by atoms with Crippen LogP contribution in [-0.4, -0.2) is 33.1 Å². The largest absolute Gasteiger partial charge is 0.477 e. The zero-order chi connectivity index (χ0) is 11.0. The van der Waals surface area contributed by atoms with Crippen LogP contribution in [0.25, 0.3) is 0 Å². The molecule has 1 aromatic rings. The lowest BCUT2D eigenvalue weighted by atomic mass is 10.3. The Labute approximate surface area is 86.1 Å². The number of aromatic carboxylic acids is 1. The van der Waals surface area contributed by atoms with E-state index in [-0.39, 0.29) is 11.6 Å². The number of rotatable bonds is 1. The summed E-state index contributed by atoms with van der Waals surface area (Å²) in [6, 6.07) is 0. The van der Waals surface area contributed by atoms with Crippen molar-refractivity contribution in [2.24, 2.45) is 0 Å². The van der Waals surface area contributed by atoms with Gasteiger partial charge in [-0.2, -0.15) is 0 Å². The second-order valence-electron chi connectivity index (χ2n) is 3.42. The minimum absolute atomic E-state index is 0.113. The number of carbonyl (C=O) groups excluding carboxylic acids is 1. The van der Waals surface area contributed by atoms with Crippen molar-refractivity contribution in [2.45, 2.75) is 19.9 Å². The first-order chi connectivity index (χ1) is 7.11. The minimum atomic E-state index is -1.01. The zero-order valence-corrected chi connectivity index (χ0v) is 8.30. The van der Waals surface area contributed by atoms with Gasteiger partial charge in [0.1, 0.15) is 5.69 Å². The number of aromatic nitrogens is 2. The fourth-order valence-electron chi connectivity index (χ4n) is 1.76. The van der Waals surface area contributed by atoms with Gasteiger partial charge in [0.05, 0.1) is 6.20 Å². The van der Waals surface area contributed by atoms with Crippen molar-refractivity contribution in [3.8, 4) is 0 Å². The molecular weight excluding hydrogens is 198 g/mol. The van der Waals surface area contributed by atoms with Gasteiger partial charge in [-0.05, 0) is 6.42 Å². The Morgan fingerprint density at radius 2 is 2.20 bits per heavy atom. The molecule has 1 amide bonds. The highest BCUT2D eigenvalue weighted by Crippen LogP contribution is 2.21. The maximum Gasteiger partial charge on any atom is 0.354 e. The summed E-state index contributed by atoms with van der Waals surface area (Å²) in [5.74, 6) is -0.691. The number of carbonyl (C=O) groups is 2. The molecule has 1 N–H and O–H groups in total. The molecule has 80 valence electrons. The van der Waals surface area contributed by atoms with Gasteiger partial charge >= 0.3 is 5.97 Å². The Bertz CT molecular complexity index is 424. The Hall–Kier alpha value is -1.85. The molecule has 6 heteroatoms. The van der Waals surface area contributed by atoms with Crippen LogP contribution < -0.4 is 4.90 Å². The number of amides is 1. The zero-order valence-electron chi connectivity index (χ0n) is 8.30. The molecule has 1 aromatic heterocycles. The highest BCUT2D eigenvalue weighted by molar-refractivity contribution is 5.92. The average molecular weight is 209 g/mol. The number of fused-ring (bicyclic) bond motifs is 1. The lowest BCUT2D eigenvalue weighted by Gasteiger charge is -2.26. The maximum absolute atomic E-state index is 11.3. The predicted molar refractivity (Wildman–Crippen MR) is 51.8 cm³/mol. The van der Waals surface area contributed by atoms with Crippen molar-refractivity contribution in [3.63, 3.8) is 0 Å². The highest BCUT2D eigenvalue weighted by atomic mass is 16.4. The first kappa shape index (κ1) is 9.70. The monoisotopic (exact) mass is 209 g/mol. The molecule has 0 spiro atoms. The summed E-state index contributed by atoms with van der Waals surface area (Å²) in [7, 11) is 0. The lowest BCUT2D eigenvalue weighted by Crippen LogP contribution is -2.36. The number of hydrogen-bond donors (Lipinski definition) is 1. The fourth-order valence-corrected chi connectivity index (χ4v) is 1.76. The van der Waals surface area contributed by atoms with E-state index in [0.29, 0.717) is 19.0 Å². The third-order valence-electron chi connectivity index (χ3n) is 2.44. The van der Waals surface area contributed by atoms with Crippen LogP contribution in [0.15, 0.2) is 6.20 Å². The van der Waals surface area contributed by atoms with Crippen LogP contribution in [0.5, 0.6) is 0 Å². The Balaban J connectivity index is 2.46. The predicted octanol–water partition coefficient (Wildman–Crippen LogP) is 0.338. The van der Waals surface area contributed by atoms with Crippen LogP contribution in [0, 0.1) is 0 Å². The van der Waals surface area contributed by atoms with E-state index in [1.54, 1.807) is 4.57 Å². The second kappa shape index (κ2) is 3.38. The van der Waals surface area contributed by atoms with E-state index in [1.165, 1.54) is 18.0 Å². The van der Waals surface area contributed by atoms with E-state index in [0.717, 1.165) is 6.42 Å². The molecule has 2 heterocycles. The Kier molecular flexibility index (Phi) is 2.18. The van der Waals surface area contributed by atoms with Gasteiger partial charge < -0.3 is 9.67 Å². The van der Waals surface area contributed by atoms with Crippen LogP contribution >= 0.6 is 0 Å². The van der Waals surface area contributed by atoms with E-state index in [9.17, 15) is 9.59 Å². The third kappa shape index (κ3) is 1.47. The number of anilines is 1. The quantitative estimate of drug-likeness (QED) is 0.723. The van der Waals surface area contributed by atoms with Crippen molar-refractivity contribution in [1.29, 1.82) is 0 Å². The molecule has 0 unspecified atom stereocenters. The van der Waals surface area contributed by atoms with E-state index in [1.807, 2.05) is 0 Å². The number of hydrogen-bond acceptors (Lipinski definition) is 3. The van der Waals surface area contributed by atoms with Gasteiger partial charge in [0.15, 0.2) is 0 Å². The number of carboxylic acids is 1. The summed E-state index contributed by atoms with van der Waals surface area (Å²) in [4.78, 5) is 27.6. The van der Waals surface area contributed by atoms with Crippen LogP contribution in [-0.2, 0) is 11.3 Å². The van der Waals surface area contributed by atoms with Crippen molar-refractivity contribution < 1.29 is 14.7 Å². The maximum atomic E-state index is 11.3. The van der Waals surface area contributed by atoms with Crippen molar-refractivity contribution in [3.05, 3.63) is 11.9 Å². The average Bonchev–Trinajstić information content (AvgIpc) is 2.59. The van der Waals surface area contributed by atoms with Gasteiger partial charge in [0, 0.05) is 20.0 Å². The second-order valence-corrected chi connectivity index (χ2v) is 3.42. The third-order valence-corrected chi connectivity index (χ3v) is 2.44. The normalized spacial score (nSPS) is 14.9. The summed E-state index contributed by atoms with van der Waals surface area (Å²) in [5, 5.41) is 8.89. The van der Waals surface area contributed by atoms with Crippen molar-refractivity contribution >= 4 is 17.8 Å². The molecule has 2 rings (SSSR count). The van der Waals surface area contributed by atoms with Crippen LogP contribution in [0.4, 0.5) is 5.95 Å². The van der Waals surface area contributed by atoms with Gasteiger partial charge in [0.25, 0.3) is 0 Å². The molecule has 1 aliphatic heterocycles. The summed E-state index contributed by atoms with van der Waals surface area (Å²) >= 11 is 0. The van der Waals surface area contributed by atoms with Gasteiger partial charge in [0.2, 0.25) is 11.9 Å². The highest BCUT2D eigenvalue weighted by Gasteiger charge is 2.25. The fraction of sp³-hybridized carbons (Fsp3) is 0.444. The molecule has 6 nitrogen and oxygen atoms in total. The van der Waals surface area contributed by atoms with E-state index in [4.69, 9.17) is 5.11 Å². The van der Waals surface area contributed by atoms with Crippen molar-refractivity contribution in [1.82, 2.24) is 9.55 Å². The van der Waals surface area contributed by atoms with Crippen LogP contribution in [0.3, 0.4) is 0 Å². The van der Waals surface area contributed by atoms with Crippen LogP contribution in [0.1, 0.15) is 23.8 Å². The topological polar surface area (TPSA) is 75.4 Å². The molecule has 0 radical (unpaired) electrons. The minimum Gasteiger partial charge on any atom is -0.477 e. The van der Waals surface area contributed by atoms with Crippen molar-refractivity contribution in [2.75, 3.05) is 11.4 Å². The SMILES string of the molecule is CC(=O)N1CCCn2c(C(=O)O)cnc21. The van der Waals surface area contributed by atoms with Gasteiger partial charge in [-0.15, -0.1) is 0 Å². The molecule has 0 aliphatic carbocycles. The summed E-state index contributed by atoms with van der Waals surface area (Å²) in [6.07, 6.45) is 2.04. The number of imidazole rings is 1. The molecule has 0 bridgehead atoms. The van der Waals surface area contributed by atoms with E-state index >= 15 is 0 Å². The smallest absolute Gasteiger partial charge is 0.354 e. The molecule has 15 heavy (non-hydrogen) atoms. The van der Waals surface area contributed by atoms with E-state index < -0.39 is 5.97 Å². The van der Waals surface area contributed by atoms with E-state index in [2.05, 4.69) is 4.98 Å². The molecule has 0 atom stereocenters. The van der Waals surface area contributed by atoms with Crippen LogP contribution in [0.2, 0.25) is 0 Å². The Morgan fingerprint density at radius 1 is 1.47 bits per heavy atom. The first-order valence-corrected chi connectivity index (χ1v) is 4.68.